The minimum absolute atomic E-state index is 0.649. The number of hydrogen-bond acceptors (Lipinski definition) is 10. The fraction of sp³-hybridized carbons (Fsp3) is 0.667. The van der Waals surface area contributed by atoms with Crippen molar-refractivity contribution in [2.24, 2.45) is 0 Å². The Morgan fingerprint density at radius 2 is 0.938 bits per heavy atom. The predicted octanol–water partition coefficient (Wildman–Crippen LogP) is 2.95. The lowest BCUT2D eigenvalue weighted by Crippen LogP contribution is -2.53. The van der Waals surface area contributed by atoms with Crippen LogP contribution < -0.4 is 0 Å². The van der Waals surface area contributed by atoms with Crippen LogP contribution in [0.1, 0.15) is 0 Å². The standard InChI is InChI=1S/C7H18O4Si2.C6H14O3Si.C5H12O3Si/c1-7-12(5,6)11-13(8-2,9-3)10-4;1-5-6-10(7-2,8-3)9-4;1-5-9(6-2,7-3)8-4/h7H,1H2,2-6H3;5H,1,6H2,2-4H3;5H,1H2,2-4H3. The zero-order chi connectivity index (χ0) is 25.9. The molecule has 0 amide bonds. The third-order valence-corrected chi connectivity index (χ3v) is 14.5. The van der Waals surface area contributed by atoms with E-state index in [2.05, 4.69) is 19.7 Å². The van der Waals surface area contributed by atoms with E-state index in [0.29, 0.717) is 6.04 Å². The highest BCUT2D eigenvalue weighted by atomic mass is 28.5. The van der Waals surface area contributed by atoms with Crippen molar-refractivity contribution in [3.8, 4) is 0 Å². The van der Waals surface area contributed by atoms with Crippen LogP contribution in [0.15, 0.2) is 37.2 Å². The Bertz CT molecular complexity index is 471. The highest BCUT2D eigenvalue weighted by Gasteiger charge is 2.46. The molecule has 0 spiro atoms. The minimum Gasteiger partial charge on any atom is -0.390 e. The Labute approximate surface area is 199 Å². The Morgan fingerprint density at radius 1 is 0.562 bits per heavy atom. The van der Waals surface area contributed by atoms with Crippen molar-refractivity contribution in [3.63, 3.8) is 0 Å². The van der Waals surface area contributed by atoms with Gasteiger partial charge in [-0.3, -0.25) is 0 Å². The average molecular weight is 533 g/mol. The summed E-state index contributed by atoms with van der Waals surface area (Å²) in [6.07, 6.45) is 1.74. The summed E-state index contributed by atoms with van der Waals surface area (Å²) in [6, 6.07) is 0.649. The van der Waals surface area contributed by atoms with Gasteiger partial charge in [-0.25, -0.2) is 0 Å². The highest BCUT2D eigenvalue weighted by molar-refractivity contribution is 6.82. The maximum atomic E-state index is 5.72. The number of rotatable bonds is 15. The Kier molecular flexibility index (Phi) is 21.6. The molecule has 0 N–H and O–H groups in total. The van der Waals surface area contributed by atoms with Gasteiger partial charge in [0.05, 0.1) is 0 Å². The van der Waals surface area contributed by atoms with Crippen LogP contribution in [-0.2, 0) is 43.9 Å². The van der Waals surface area contributed by atoms with Gasteiger partial charge < -0.3 is 43.9 Å². The topological polar surface area (TPSA) is 92.3 Å². The molecule has 0 atom stereocenters. The van der Waals surface area contributed by atoms with Gasteiger partial charge in [0.2, 0.25) is 8.32 Å². The van der Waals surface area contributed by atoms with Gasteiger partial charge in [0.1, 0.15) is 0 Å². The molecule has 0 heterocycles. The van der Waals surface area contributed by atoms with Crippen LogP contribution in [0.2, 0.25) is 19.1 Å². The molecular formula is C18H44O10Si4. The maximum absolute atomic E-state index is 5.72. The summed E-state index contributed by atoms with van der Waals surface area (Å²) in [5, 5.41) is 0. The summed E-state index contributed by atoms with van der Waals surface area (Å²) in [7, 11) is 4.38. The van der Waals surface area contributed by atoms with Gasteiger partial charge in [0, 0.05) is 70.0 Å². The lowest BCUT2D eigenvalue weighted by molar-refractivity contribution is 0.0490. The summed E-state index contributed by atoms with van der Waals surface area (Å²) in [6.45, 7) is 14.8. The summed E-state index contributed by atoms with van der Waals surface area (Å²) in [5.41, 5.74) is 3.39. The van der Waals surface area contributed by atoms with E-state index in [1.165, 1.54) is 21.3 Å². The summed E-state index contributed by atoms with van der Waals surface area (Å²) in [5.74, 6) is 0. The molecule has 0 saturated heterocycles. The van der Waals surface area contributed by atoms with Crippen LogP contribution >= 0.6 is 0 Å². The van der Waals surface area contributed by atoms with Gasteiger partial charge in [-0.15, -0.1) is 13.2 Å². The first-order chi connectivity index (χ1) is 14.9. The number of hydrogen-bond donors (Lipinski definition) is 0. The van der Waals surface area contributed by atoms with E-state index in [0.717, 1.165) is 0 Å². The molecule has 192 valence electrons. The van der Waals surface area contributed by atoms with Crippen molar-refractivity contribution >= 4 is 35.0 Å². The lowest BCUT2D eigenvalue weighted by Gasteiger charge is -2.30. The molecule has 14 heteroatoms. The Balaban J connectivity index is -0.000000403. The molecule has 0 aromatic rings. The maximum Gasteiger partial charge on any atom is 0.668 e. The molecule has 0 radical (unpaired) electrons. The second-order valence-corrected chi connectivity index (χ2v) is 18.7. The molecule has 0 aliphatic rings. The molecule has 0 saturated carbocycles. The normalized spacial score (nSPS) is 12.1. The van der Waals surface area contributed by atoms with Crippen LogP contribution in [0.25, 0.3) is 0 Å². The van der Waals surface area contributed by atoms with Gasteiger partial charge in [-0.2, -0.15) is 0 Å². The van der Waals surface area contributed by atoms with Gasteiger partial charge >= 0.3 is 26.7 Å². The molecule has 0 unspecified atom stereocenters. The molecule has 0 aliphatic carbocycles. The smallest absolute Gasteiger partial charge is 0.390 e. The first-order valence-electron chi connectivity index (χ1n) is 9.48. The SMILES string of the molecule is C=CC[Si](OC)(OC)OC.C=C[Si](C)(C)O[Si](OC)(OC)OC.C=C[Si](OC)(OC)OC. The summed E-state index contributed by atoms with van der Waals surface area (Å²) >= 11 is 0. The van der Waals surface area contributed by atoms with Crippen molar-refractivity contribution in [3.05, 3.63) is 37.2 Å². The molecular weight excluding hydrogens is 489 g/mol. The Hall–Kier alpha value is -0.312. The largest absolute Gasteiger partial charge is 0.668 e. The molecule has 0 bridgehead atoms. The summed E-state index contributed by atoms with van der Waals surface area (Å²) in [4.78, 5) is 0. The minimum atomic E-state index is -2.88. The van der Waals surface area contributed by atoms with Crippen molar-refractivity contribution < 1.29 is 43.9 Å². The third-order valence-electron chi connectivity index (χ3n) is 4.06. The van der Waals surface area contributed by atoms with Gasteiger partial charge in [-0.05, 0) is 18.8 Å². The van der Waals surface area contributed by atoms with Crippen LogP contribution in [-0.4, -0.2) is 99.0 Å². The predicted molar refractivity (Wildman–Crippen MR) is 134 cm³/mol. The third kappa shape index (κ3) is 13.4. The molecule has 0 aromatic heterocycles. The first-order valence-corrected chi connectivity index (χ1v) is 17.8. The van der Waals surface area contributed by atoms with E-state index in [1.54, 1.807) is 54.4 Å². The van der Waals surface area contributed by atoms with Crippen LogP contribution in [0, 0.1) is 0 Å². The fourth-order valence-corrected chi connectivity index (χ4v) is 8.68. The molecule has 0 aromatic carbocycles. The van der Waals surface area contributed by atoms with E-state index in [4.69, 9.17) is 43.9 Å². The van der Waals surface area contributed by atoms with Crippen LogP contribution in [0.3, 0.4) is 0 Å². The Morgan fingerprint density at radius 3 is 1.06 bits per heavy atom. The monoisotopic (exact) mass is 532 g/mol. The molecule has 10 nitrogen and oxygen atoms in total. The zero-order valence-corrected chi connectivity index (χ0v) is 25.6. The quantitative estimate of drug-likeness (QED) is 0.231. The van der Waals surface area contributed by atoms with E-state index >= 15 is 0 Å². The van der Waals surface area contributed by atoms with Crippen LogP contribution in [0.5, 0.6) is 0 Å². The van der Waals surface area contributed by atoms with Crippen molar-refractivity contribution in [1.29, 1.82) is 0 Å². The van der Waals surface area contributed by atoms with Gasteiger partial charge in [0.25, 0.3) is 0 Å². The molecule has 0 aliphatic heterocycles. The summed E-state index contributed by atoms with van der Waals surface area (Å²) < 4.78 is 51.3. The second-order valence-electron chi connectivity index (χ2n) is 6.23. The molecule has 32 heavy (non-hydrogen) atoms. The molecule has 0 fully saturated rings. The van der Waals surface area contributed by atoms with Crippen molar-refractivity contribution in [2.45, 2.75) is 19.1 Å². The first kappa shape index (κ1) is 36.3. The van der Waals surface area contributed by atoms with Gasteiger partial charge in [0.15, 0.2) is 0 Å². The van der Waals surface area contributed by atoms with E-state index in [-0.39, 0.29) is 0 Å². The zero-order valence-electron chi connectivity index (χ0n) is 21.6. The molecule has 0 rings (SSSR count). The number of allylic oxidation sites excluding steroid dienone is 1. The van der Waals surface area contributed by atoms with Crippen molar-refractivity contribution in [2.75, 3.05) is 64.0 Å². The van der Waals surface area contributed by atoms with E-state index < -0.39 is 35.0 Å². The van der Waals surface area contributed by atoms with Crippen molar-refractivity contribution in [1.82, 2.24) is 0 Å². The van der Waals surface area contributed by atoms with Crippen LogP contribution in [0.4, 0.5) is 0 Å². The van der Waals surface area contributed by atoms with Gasteiger partial charge in [-0.1, -0.05) is 18.4 Å². The average Bonchev–Trinajstić information content (AvgIpc) is 2.84. The fourth-order valence-electron chi connectivity index (χ4n) is 1.92. The highest BCUT2D eigenvalue weighted by Crippen LogP contribution is 2.16. The van der Waals surface area contributed by atoms with E-state index in [9.17, 15) is 0 Å². The van der Waals surface area contributed by atoms with E-state index in [1.807, 2.05) is 18.8 Å². The second kappa shape index (κ2) is 19.0. The lowest BCUT2D eigenvalue weighted by atomic mass is 10.8.